The predicted molar refractivity (Wildman–Crippen MR) is 121 cm³/mol. The van der Waals surface area contributed by atoms with E-state index in [2.05, 4.69) is 39.1 Å². The Kier molecular flexibility index (Phi) is 5.95. The predicted octanol–water partition coefficient (Wildman–Crippen LogP) is 5.43. The number of aryl methyl sites for hydroxylation is 2. The van der Waals surface area contributed by atoms with Crippen molar-refractivity contribution in [1.29, 1.82) is 0 Å². The van der Waals surface area contributed by atoms with Gasteiger partial charge in [0.15, 0.2) is 5.16 Å². The standard InChI is InChI=1S/C24H22N4OS/c1-17-8-6-7-11-22(17)28-18(2)26-27-24(28)30-16-19-12-14-20(15-13-19)23(29)25-21-9-4-3-5-10-21/h3-15H,16H2,1-2H3,(H,25,29). The van der Waals surface area contributed by atoms with Crippen molar-refractivity contribution in [3.8, 4) is 5.69 Å². The van der Waals surface area contributed by atoms with Gasteiger partial charge >= 0.3 is 0 Å². The second-order valence-electron chi connectivity index (χ2n) is 6.96. The van der Waals surface area contributed by atoms with Gasteiger partial charge in [-0.15, -0.1) is 10.2 Å². The van der Waals surface area contributed by atoms with E-state index < -0.39 is 0 Å². The van der Waals surface area contributed by atoms with Crippen LogP contribution < -0.4 is 5.32 Å². The summed E-state index contributed by atoms with van der Waals surface area (Å²) >= 11 is 1.63. The minimum Gasteiger partial charge on any atom is -0.322 e. The van der Waals surface area contributed by atoms with E-state index in [0.717, 1.165) is 33.7 Å². The minimum absolute atomic E-state index is 0.115. The molecule has 4 rings (SSSR count). The first-order valence-electron chi connectivity index (χ1n) is 9.68. The summed E-state index contributed by atoms with van der Waals surface area (Å²) in [6.07, 6.45) is 0. The molecule has 1 aromatic heterocycles. The average molecular weight is 415 g/mol. The molecule has 1 amide bonds. The van der Waals surface area contributed by atoms with Crippen LogP contribution in [0.2, 0.25) is 0 Å². The molecule has 0 atom stereocenters. The number of aromatic nitrogens is 3. The van der Waals surface area contributed by atoms with Crippen LogP contribution in [0.5, 0.6) is 0 Å². The summed E-state index contributed by atoms with van der Waals surface area (Å²) in [7, 11) is 0. The molecule has 1 N–H and O–H groups in total. The van der Waals surface area contributed by atoms with Gasteiger partial charge in [0.05, 0.1) is 5.69 Å². The van der Waals surface area contributed by atoms with Gasteiger partial charge in [0, 0.05) is 17.0 Å². The zero-order valence-corrected chi connectivity index (χ0v) is 17.7. The summed E-state index contributed by atoms with van der Waals surface area (Å²) in [5, 5.41) is 12.4. The highest BCUT2D eigenvalue weighted by Gasteiger charge is 2.13. The molecule has 0 aliphatic heterocycles. The number of hydrogen-bond donors (Lipinski definition) is 1. The lowest BCUT2D eigenvalue weighted by molar-refractivity contribution is 0.102. The van der Waals surface area contributed by atoms with Gasteiger partial charge < -0.3 is 5.32 Å². The molecular weight excluding hydrogens is 392 g/mol. The Bertz CT molecular complexity index is 1150. The highest BCUT2D eigenvalue weighted by atomic mass is 32.2. The number of rotatable bonds is 6. The van der Waals surface area contributed by atoms with Gasteiger partial charge in [-0.1, -0.05) is 60.3 Å². The van der Waals surface area contributed by atoms with E-state index in [0.29, 0.717) is 5.56 Å². The van der Waals surface area contributed by atoms with E-state index in [1.54, 1.807) is 11.8 Å². The van der Waals surface area contributed by atoms with Crippen LogP contribution in [0.4, 0.5) is 5.69 Å². The van der Waals surface area contributed by atoms with E-state index in [9.17, 15) is 4.79 Å². The monoisotopic (exact) mass is 414 g/mol. The quantitative estimate of drug-likeness (QED) is 0.428. The Morgan fingerprint density at radius 2 is 1.60 bits per heavy atom. The van der Waals surface area contributed by atoms with Crippen molar-refractivity contribution in [2.24, 2.45) is 0 Å². The summed E-state index contributed by atoms with van der Waals surface area (Å²) in [4.78, 5) is 12.4. The number of carbonyl (C=O) groups is 1. The molecule has 3 aromatic carbocycles. The Labute approximate surface area is 180 Å². The zero-order valence-electron chi connectivity index (χ0n) is 16.9. The lowest BCUT2D eigenvalue weighted by Crippen LogP contribution is -2.11. The second kappa shape index (κ2) is 8.97. The summed E-state index contributed by atoms with van der Waals surface area (Å²) in [6, 6.07) is 25.3. The fraction of sp³-hybridized carbons (Fsp3) is 0.125. The van der Waals surface area contributed by atoms with Gasteiger partial charge in [0.2, 0.25) is 0 Å². The van der Waals surface area contributed by atoms with Crippen LogP contribution in [-0.4, -0.2) is 20.7 Å². The summed E-state index contributed by atoms with van der Waals surface area (Å²) in [5.41, 5.74) is 4.80. The van der Waals surface area contributed by atoms with Crippen LogP contribution in [0.1, 0.15) is 27.3 Å². The van der Waals surface area contributed by atoms with Gasteiger partial charge in [0.1, 0.15) is 5.82 Å². The number of thioether (sulfide) groups is 1. The van der Waals surface area contributed by atoms with E-state index in [1.807, 2.05) is 73.7 Å². The molecule has 0 spiro atoms. The first kappa shape index (κ1) is 19.9. The van der Waals surface area contributed by atoms with Crippen LogP contribution in [0.3, 0.4) is 0 Å². The molecule has 150 valence electrons. The molecule has 30 heavy (non-hydrogen) atoms. The molecule has 5 nitrogen and oxygen atoms in total. The molecule has 0 bridgehead atoms. The number of hydrogen-bond acceptors (Lipinski definition) is 4. The van der Waals surface area contributed by atoms with E-state index in [-0.39, 0.29) is 5.91 Å². The van der Waals surface area contributed by atoms with Crippen LogP contribution in [0, 0.1) is 13.8 Å². The molecule has 0 aliphatic carbocycles. The molecule has 4 aromatic rings. The van der Waals surface area contributed by atoms with E-state index in [1.165, 1.54) is 5.56 Å². The first-order valence-corrected chi connectivity index (χ1v) is 10.7. The molecule has 1 heterocycles. The number of carbonyl (C=O) groups excluding carboxylic acids is 1. The number of nitrogens with zero attached hydrogens (tertiary/aromatic N) is 3. The van der Waals surface area contributed by atoms with Crippen molar-refractivity contribution >= 4 is 23.4 Å². The maximum Gasteiger partial charge on any atom is 0.255 e. The molecule has 0 radical (unpaired) electrons. The zero-order chi connectivity index (χ0) is 20.9. The number of para-hydroxylation sites is 2. The molecule has 0 saturated heterocycles. The molecular formula is C24H22N4OS. The van der Waals surface area contributed by atoms with Crippen molar-refractivity contribution in [1.82, 2.24) is 14.8 Å². The third kappa shape index (κ3) is 4.44. The minimum atomic E-state index is -0.115. The van der Waals surface area contributed by atoms with Gasteiger partial charge in [-0.3, -0.25) is 9.36 Å². The maximum absolute atomic E-state index is 12.4. The van der Waals surface area contributed by atoms with Gasteiger partial charge in [-0.2, -0.15) is 0 Å². The van der Waals surface area contributed by atoms with Gasteiger partial charge in [0.25, 0.3) is 5.91 Å². The average Bonchev–Trinajstić information content (AvgIpc) is 3.14. The van der Waals surface area contributed by atoms with E-state index >= 15 is 0 Å². The lowest BCUT2D eigenvalue weighted by atomic mass is 10.1. The van der Waals surface area contributed by atoms with Crippen molar-refractivity contribution < 1.29 is 4.79 Å². The second-order valence-corrected chi connectivity index (χ2v) is 7.90. The lowest BCUT2D eigenvalue weighted by Gasteiger charge is -2.11. The Morgan fingerprint density at radius 3 is 2.33 bits per heavy atom. The number of amides is 1. The molecule has 0 fully saturated rings. The molecule has 0 unspecified atom stereocenters. The highest BCUT2D eigenvalue weighted by molar-refractivity contribution is 7.98. The maximum atomic E-state index is 12.4. The van der Waals surface area contributed by atoms with Crippen LogP contribution in [0.15, 0.2) is 84.0 Å². The van der Waals surface area contributed by atoms with Crippen LogP contribution in [0.25, 0.3) is 5.69 Å². The largest absolute Gasteiger partial charge is 0.322 e. The normalized spacial score (nSPS) is 10.7. The van der Waals surface area contributed by atoms with Gasteiger partial charge in [-0.05, 0) is 55.3 Å². The topological polar surface area (TPSA) is 59.8 Å². The van der Waals surface area contributed by atoms with Crippen molar-refractivity contribution in [3.63, 3.8) is 0 Å². The van der Waals surface area contributed by atoms with Gasteiger partial charge in [-0.25, -0.2) is 0 Å². The van der Waals surface area contributed by atoms with E-state index in [4.69, 9.17) is 0 Å². The number of anilines is 1. The number of benzene rings is 3. The summed E-state index contributed by atoms with van der Waals surface area (Å²) in [6.45, 7) is 4.05. The molecule has 6 heteroatoms. The Hall–Kier alpha value is -3.38. The fourth-order valence-electron chi connectivity index (χ4n) is 3.15. The van der Waals surface area contributed by atoms with Crippen LogP contribution >= 0.6 is 11.8 Å². The summed E-state index contributed by atoms with van der Waals surface area (Å²) in [5.74, 6) is 1.49. The SMILES string of the molecule is Cc1ccccc1-n1c(C)nnc1SCc1ccc(C(=O)Nc2ccccc2)cc1. The third-order valence-corrected chi connectivity index (χ3v) is 5.77. The highest BCUT2D eigenvalue weighted by Crippen LogP contribution is 2.26. The van der Waals surface area contributed by atoms with Crippen LogP contribution in [-0.2, 0) is 5.75 Å². The first-order chi connectivity index (χ1) is 14.6. The fourth-order valence-corrected chi connectivity index (χ4v) is 4.10. The third-order valence-electron chi connectivity index (χ3n) is 4.77. The summed E-state index contributed by atoms with van der Waals surface area (Å²) < 4.78 is 2.08. The number of nitrogens with one attached hydrogen (secondary N) is 1. The molecule has 0 aliphatic rings. The Morgan fingerprint density at radius 1 is 0.900 bits per heavy atom. The molecule has 0 saturated carbocycles. The Balaban J connectivity index is 1.44. The van der Waals surface area contributed by atoms with Crippen molar-refractivity contribution in [2.45, 2.75) is 24.8 Å². The van der Waals surface area contributed by atoms with Crippen molar-refractivity contribution in [3.05, 3.63) is 101 Å². The van der Waals surface area contributed by atoms with Crippen molar-refractivity contribution in [2.75, 3.05) is 5.32 Å². The smallest absolute Gasteiger partial charge is 0.255 e.